The summed E-state index contributed by atoms with van der Waals surface area (Å²) >= 11 is 0. The van der Waals surface area contributed by atoms with Crippen LogP contribution in [-0.4, -0.2) is 44.7 Å². The number of nitrogens with two attached hydrogens (primary N) is 1. The summed E-state index contributed by atoms with van der Waals surface area (Å²) in [5.74, 6) is 0.573. The molecule has 2 aromatic carbocycles. The Labute approximate surface area is 193 Å². The minimum absolute atomic E-state index is 0. The summed E-state index contributed by atoms with van der Waals surface area (Å²) in [6, 6.07) is 13.8. The molecule has 0 aliphatic carbocycles. The minimum Gasteiger partial charge on any atom is -0.486 e. The zero-order valence-electron chi connectivity index (χ0n) is 17.1. The Balaban J connectivity index is 0.00000450. The summed E-state index contributed by atoms with van der Waals surface area (Å²) in [5, 5.41) is 6.38. The van der Waals surface area contributed by atoms with E-state index in [-0.39, 0.29) is 48.3 Å². The van der Waals surface area contributed by atoms with Gasteiger partial charge in [-0.25, -0.2) is 4.39 Å². The topological polar surface area (TPSA) is 98.0 Å². The molecule has 4 N–H and O–H groups in total. The van der Waals surface area contributed by atoms with Gasteiger partial charge in [0.25, 0.3) is 5.91 Å². The highest BCUT2D eigenvalue weighted by atomic mass is 127. The number of carbonyl (C=O) groups is 1. The lowest BCUT2D eigenvalue weighted by Crippen LogP contribution is -2.42. The maximum absolute atomic E-state index is 13.6. The number of benzene rings is 2. The lowest BCUT2D eigenvalue weighted by atomic mass is 10.1. The van der Waals surface area contributed by atoms with Crippen LogP contribution in [0.3, 0.4) is 0 Å². The van der Waals surface area contributed by atoms with Crippen LogP contribution in [0.15, 0.2) is 53.5 Å². The number of nitrogens with one attached hydrogen (secondary N) is 2. The molecule has 30 heavy (non-hydrogen) atoms. The largest absolute Gasteiger partial charge is 0.486 e. The van der Waals surface area contributed by atoms with Gasteiger partial charge in [-0.15, -0.1) is 24.0 Å². The van der Waals surface area contributed by atoms with Crippen LogP contribution in [0.2, 0.25) is 0 Å². The third-order valence-electron chi connectivity index (χ3n) is 3.96. The van der Waals surface area contributed by atoms with Gasteiger partial charge < -0.3 is 25.8 Å². The molecule has 0 bridgehead atoms. The molecule has 0 heterocycles. The number of amides is 1. The van der Waals surface area contributed by atoms with Crippen molar-refractivity contribution in [2.75, 3.05) is 26.7 Å². The second-order valence-electron chi connectivity index (χ2n) is 6.39. The molecule has 9 heteroatoms. The smallest absolute Gasteiger partial charge is 0.255 e. The molecule has 1 unspecified atom stereocenters. The SMILES string of the molecule is CN=C(NCCc1ccc(OCC(N)=O)cc1)NCC(C)Oc1ccccc1F.I. The molecular formula is C21H28FIN4O3. The molecule has 0 fully saturated rings. The molecule has 0 spiro atoms. The predicted octanol–water partition coefficient (Wildman–Crippen LogP) is 2.48. The number of ether oxygens (including phenoxy) is 2. The molecule has 2 rings (SSSR count). The van der Waals surface area contributed by atoms with Gasteiger partial charge >= 0.3 is 0 Å². The number of hydrogen-bond donors (Lipinski definition) is 3. The Bertz CT molecular complexity index is 818. The van der Waals surface area contributed by atoms with E-state index in [0.717, 1.165) is 12.0 Å². The maximum atomic E-state index is 13.6. The Morgan fingerprint density at radius 2 is 1.87 bits per heavy atom. The Morgan fingerprint density at radius 3 is 2.50 bits per heavy atom. The van der Waals surface area contributed by atoms with Crippen LogP contribution in [0.25, 0.3) is 0 Å². The first kappa shape index (κ1) is 25.5. The molecule has 1 amide bonds. The van der Waals surface area contributed by atoms with Crippen LogP contribution in [0, 0.1) is 5.82 Å². The molecule has 7 nitrogen and oxygen atoms in total. The molecule has 0 aliphatic rings. The van der Waals surface area contributed by atoms with E-state index in [1.807, 2.05) is 19.1 Å². The first-order chi connectivity index (χ1) is 14.0. The first-order valence-electron chi connectivity index (χ1n) is 9.33. The van der Waals surface area contributed by atoms with Gasteiger partial charge in [0.1, 0.15) is 11.9 Å². The second kappa shape index (κ2) is 13.6. The van der Waals surface area contributed by atoms with Gasteiger partial charge in [0, 0.05) is 13.6 Å². The second-order valence-corrected chi connectivity index (χ2v) is 6.39. The van der Waals surface area contributed by atoms with Gasteiger partial charge in [-0.05, 0) is 43.2 Å². The van der Waals surface area contributed by atoms with E-state index < -0.39 is 5.91 Å². The molecule has 1 atom stereocenters. The van der Waals surface area contributed by atoms with E-state index in [0.29, 0.717) is 24.8 Å². The van der Waals surface area contributed by atoms with E-state index in [2.05, 4.69) is 15.6 Å². The van der Waals surface area contributed by atoms with Gasteiger partial charge in [-0.3, -0.25) is 9.79 Å². The summed E-state index contributed by atoms with van der Waals surface area (Å²) in [6.07, 6.45) is 0.538. The first-order valence-corrected chi connectivity index (χ1v) is 9.33. The number of primary amides is 1. The van der Waals surface area contributed by atoms with Gasteiger partial charge in [-0.2, -0.15) is 0 Å². The molecule has 0 radical (unpaired) electrons. The van der Waals surface area contributed by atoms with Crippen molar-refractivity contribution >= 4 is 35.8 Å². The lowest BCUT2D eigenvalue weighted by molar-refractivity contribution is -0.119. The highest BCUT2D eigenvalue weighted by Gasteiger charge is 2.09. The van der Waals surface area contributed by atoms with Crippen molar-refractivity contribution in [3.05, 3.63) is 59.9 Å². The van der Waals surface area contributed by atoms with E-state index >= 15 is 0 Å². The van der Waals surface area contributed by atoms with Crippen molar-refractivity contribution in [1.82, 2.24) is 10.6 Å². The Hall–Kier alpha value is -2.56. The lowest BCUT2D eigenvalue weighted by Gasteiger charge is -2.18. The van der Waals surface area contributed by atoms with Crippen molar-refractivity contribution in [3.8, 4) is 11.5 Å². The third-order valence-corrected chi connectivity index (χ3v) is 3.96. The normalized spacial score (nSPS) is 11.8. The fraction of sp³-hybridized carbons (Fsp3) is 0.333. The monoisotopic (exact) mass is 530 g/mol. The summed E-state index contributed by atoms with van der Waals surface area (Å²) in [5.41, 5.74) is 6.16. The summed E-state index contributed by atoms with van der Waals surface area (Å²) in [7, 11) is 1.68. The highest BCUT2D eigenvalue weighted by molar-refractivity contribution is 14.0. The van der Waals surface area contributed by atoms with Crippen LogP contribution in [0.1, 0.15) is 12.5 Å². The average Bonchev–Trinajstić information content (AvgIpc) is 2.71. The van der Waals surface area contributed by atoms with Gasteiger partial charge in [0.2, 0.25) is 0 Å². The van der Waals surface area contributed by atoms with Crippen molar-refractivity contribution in [2.45, 2.75) is 19.4 Å². The quantitative estimate of drug-likeness (QED) is 0.249. The van der Waals surface area contributed by atoms with Crippen molar-refractivity contribution in [1.29, 1.82) is 0 Å². The number of hydrogen-bond acceptors (Lipinski definition) is 4. The van der Waals surface area contributed by atoms with E-state index in [1.54, 1.807) is 37.4 Å². The predicted molar refractivity (Wildman–Crippen MR) is 126 cm³/mol. The van der Waals surface area contributed by atoms with Crippen molar-refractivity contribution in [2.24, 2.45) is 10.7 Å². The number of rotatable bonds is 10. The molecule has 0 saturated heterocycles. The molecule has 0 aromatic heterocycles. The summed E-state index contributed by atoms with van der Waals surface area (Å²) in [4.78, 5) is 14.9. The van der Waals surface area contributed by atoms with Gasteiger partial charge in [0.05, 0.1) is 6.54 Å². The fourth-order valence-corrected chi connectivity index (χ4v) is 2.49. The number of aliphatic imine (C=N–C) groups is 1. The van der Waals surface area contributed by atoms with Crippen LogP contribution in [0.4, 0.5) is 4.39 Å². The fourth-order valence-electron chi connectivity index (χ4n) is 2.49. The van der Waals surface area contributed by atoms with Crippen LogP contribution in [-0.2, 0) is 11.2 Å². The third kappa shape index (κ3) is 9.29. The van der Waals surface area contributed by atoms with Crippen LogP contribution in [0.5, 0.6) is 11.5 Å². The van der Waals surface area contributed by atoms with Crippen LogP contribution >= 0.6 is 24.0 Å². The number of carbonyl (C=O) groups excluding carboxylic acids is 1. The van der Waals surface area contributed by atoms with Crippen molar-refractivity contribution < 1.29 is 18.7 Å². The zero-order chi connectivity index (χ0) is 21.1. The summed E-state index contributed by atoms with van der Waals surface area (Å²) < 4.78 is 24.5. The van der Waals surface area contributed by atoms with Gasteiger partial charge in [0.15, 0.2) is 24.1 Å². The molecule has 2 aromatic rings. The Morgan fingerprint density at radius 1 is 1.17 bits per heavy atom. The van der Waals surface area contributed by atoms with E-state index in [1.165, 1.54) is 6.07 Å². The highest BCUT2D eigenvalue weighted by Crippen LogP contribution is 2.16. The van der Waals surface area contributed by atoms with Crippen LogP contribution < -0.4 is 25.8 Å². The molecule has 164 valence electrons. The standard InChI is InChI=1S/C21H27FN4O3.HI/c1-15(29-19-6-4-3-5-18(19)22)13-26-21(24-2)25-12-11-16-7-9-17(10-8-16)28-14-20(23)27;/h3-10,15H,11-14H2,1-2H3,(H2,23,27)(H2,24,25,26);1H. The van der Waals surface area contributed by atoms with E-state index in [4.69, 9.17) is 15.2 Å². The number of halogens is 2. The maximum Gasteiger partial charge on any atom is 0.255 e. The Kier molecular flexibility index (Phi) is 11.6. The number of guanidine groups is 1. The molecule has 0 aliphatic heterocycles. The van der Waals surface area contributed by atoms with Crippen molar-refractivity contribution in [3.63, 3.8) is 0 Å². The van der Waals surface area contributed by atoms with Gasteiger partial charge in [-0.1, -0.05) is 24.3 Å². The van der Waals surface area contributed by atoms with E-state index in [9.17, 15) is 9.18 Å². The number of nitrogens with zero attached hydrogens (tertiary/aromatic N) is 1. The number of para-hydroxylation sites is 1. The zero-order valence-corrected chi connectivity index (χ0v) is 19.4. The molecular weight excluding hydrogens is 502 g/mol. The average molecular weight is 530 g/mol. The summed E-state index contributed by atoms with van der Waals surface area (Å²) in [6.45, 7) is 2.86. The molecule has 0 saturated carbocycles. The minimum atomic E-state index is -0.509.